The quantitative estimate of drug-likeness (QED) is 0.739. The molecule has 0 fully saturated rings. The second-order valence-corrected chi connectivity index (χ2v) is 3.78. The van der Waals surface area contributed by atoms with E-state index in [2.05, 4.69) is 0 Å². The Hall–Kier alpha value is -1.78. The minimum atomic E-state index is -0.139. The van der Waals surface area contributed by atoms with Gasteiger partial charge in [0.05, 0.1) is 19.8 Å². The summed E-state index contributed by atoms with van der Waals surface area (Å²) in [6, 6.07) is 0. The molecule has 2 rings (SSSR count). The molecule has 0 radical (unpaired) electrons. The molecule has 2 aromatic rings. The second-order valence-electron chi connectivity index (χ2n) is 3.78. The minimum absolute atomic E-state index is 0.0804. The minimum Gasteiger partial charge on any atom is -0.483 e. The molecule has 5 nitrogen and oxygen atoms in total. The Morgan fingerprint density at radius 3 is 2.69 bits per heavy atom. The molecule has 0 saturated heterocycles. The van der Waals surface area contributed by atoms with Gasteiger partial charge >= 0.3 is 11.3 Å². The Morgan fingerprint density at radius 2 is 2.12 bits per heavy atom. The van der Waals surface area contributed by atoms with Gasteiger partial charge in [-0.1, -0.05) is 6.92 Å². The van der Waals surface area contributed by atoms with Crippen LogP contribution in [0, 0.1) is 0 Å². The maximum atomic E-state index is 12.0. The van der Waals surface area contributed by atoms with Crippen LogP contribution in [0.1, 0.15) is 19.4 Å². The summed E-state index contributed by atoms with van der Waals surface area (Å²) in [6.45, 7) is 4.43. The van der Waals surface area contributed by atoms with Crippen molar-refractivity contribution in [2.24, 2.45) is 7.05 Å². The highest BCUT2D eigenvalue weighted by molar-refractivity contribution is 5.35. The average molecular weight is 222 g/mol. The molecular weight excluding hydrogens is 206 g/mol. The van der Waals surface area contributed by atoms with Crippen molar-refractivity contribution in [2.45, 2.75) is 26.8 Å². The van der Waals surface area contributed by atoms with Gasteiger partial charge in [-0.3, -0.25) is 0 Å². The van der Waals surface area contributed by atoms with Gasteiger partial charge in [-0.05, 0) is 13.3 Å². The number of aryl methyl sites for hydroxylation is 2. The van der Waals surface area contributed by atoms with Crippen molar-refractivity contribution in [3.05, 3.63) is 28.3 Å². The summed E-state index contributed by atoms with van der Waals surface area (Å²) in [7, 11) is 1.85. The van der Waals surface area contributed by atoms with E-state index in [4.69, 9.17) is 0 Å². The lowest BCUT2D eigenvalue weighted by molar-refractivity contribution is -0.647. The summed E-state index contributed by atoms with van der Waals surface area (Å²) in [4.78, 5) is 12.0. The van der Waals surface area contributed by atoms with Gasteiger partial charge in [0.2, 0.25) is 0 Å². The standard InChI is InChI=1S/C11H15N3O2/c1-4-8-9(15)13(5-2)11-12(3)6-7-14(11)10(8)16/h6-7H,4-5H2,1-3H3/p+1. The van der Waals surface area contributed by atoms with E-state index in [9.17, 15) is 9.90 Å². The molecule has 0 spiro atoms. The molecule has 86 valence electrons. The molecule has 0 atom stereocenters. The summed E-state index contributed by atoms with van der Waals surface area (Å²) in [6.07, 6.45) is 4.06. The van der Waals surface area contributed by atoms with Crippen molar-refractivity contribution in [1.29, 1.82) is 0 Å². The number of fused-ring (bicyclic) bond motifs is 1. The van der Waals surface area contributed by atoms with Crippen molar-refractivity contribution in [1.82, 2.24) is 8.97 Å². The van der Waals surface area contributed by atoms with E-state index >= 15 is 0 Å². The highest BCUT2D eigenvalue weighted by atomic mass is 16.3. The van der Waals surface area contributed by atoms with Crippen LogP contribution in [0.5, 0.6) is 5.88 Å². The SMILES string of the molecule is CCc1c(O)n(CC)c2n(cc[n+]2C)c1=O. The highest BCUT2D eigenvalue weighted by Crippen LogP contribution is 2.15. The maximum absolute atomic E-state index is 12.0. The zero-order chi connectivity index (χ0) is 11.9. The predicted octanol–water partition coefficient (Wildman–Crippen LogP) is 0.213. The van der Waals surface area contributed by atoms with Crippen molar-refractivity contribution >= 4 is 5.78 Å². The Morgan fingerprint density at radius 1 is 1.44 bits per heavy atom. The molecule has 0 unspecified atom stereocenters. The first-order valence-corrected chi connectivity index (χ1v) is 5.43. The summed E-state index contributed by atoms with van der Waals surface area (Å²) >= 11 is 0. The molecule has 0 aliphatic rings. The van der Waals surface area contributed by atoms with Crippen molar-refractivity contribution in [3.63, 3.8) is 0 Å². The molecule has 0 saturated carbocycles. The van der Waals surface area contributed by atoms with Crippen molar-refractivity contribution in [3.8, 4) is 5.88 Å². The number of aromatic nitrogens is 3. The summed E-state index contributed by atoms with van der Waals surface area (Å²) < 4.78 is 5.13. The van der Waals surface area contributed by atoms with Crippen LogP contribution in [0.3, 0.4) is 0 Å². The Bertz CT molecular complexity index is 595. The van der Waals surface area contributed by atoms with Gasteiger partial charge in [0.15, 0.2) is 0 Å². The van der Waals surface area contributed by atoms with E-state index in [1.165, 1.54) is 0 Å². The van der Waals surface area contributed by atoms with Crippen LogP contribution in [0.4, 0.5) is 0 Å². The monoisotopic (exact) mass is 222 g/mol. The first-order chi connectivity index (χ1) is 7.61. The van der Waals surface area contributed by atoms with Crippen LogP contribution in [-0.2, 0) is 20.0 Å². The average Bonchev–Trinajstić information content (AvgIpc) is 2.63. The van der Waals surface area contributed by atoms with Crippen LogP contribution < -0.4 is 10.1 Å². The molecule has 0 aromatic carbocycles. The van der Waals surface area contributed by atoms with E-state index in [0.29, 0.717) is 24.3 Å². The topological polar surface area (TPSA) is 50.5 Å². The Labute approximate surface area is 93.2 Å². The van der Waals surface area contributed by atoms with E-state index in [1.54, 1.807) is 15.2 Å². The predicted molar refractivity (Wildman–Crippen MR) is 59.5 cm³/mol. The van der Waals surface area contributed by atoms with E-state index in [1.807, 2.05) is 31.7 Å². The lowest BCUT2D eigenvalue weighted by Crippen LogP contribution is -2.33. The van der Waals surface area contributed by atoms with Crippen molar-refractivity contribution < 1.29 is 9.67 Å². The molecule has 0 amide bonds. The normalized spacial score (nSPS) is 11.2. The largest absolute Gasteiger partial charge is 0.483 e. The first-order valence-electron chi connectivity index (χ1n) is 5.43. The van der Waals surface area contributed by atoms with Gasteiger partial charge < -0.3 is 5.11 Å². The lowest BCUT2D eigenvalue weighted by atomic mass is 10.2. The maximum Gasteiger partial charge on any atom is 0.374 e. The molecule has 1 N–H and O–H groups in total. The fourth-order valence-electron chi connectivity index (χ4n) is 2.05. The number of aromatic hydroxyl groups is 1. The Kier molecular flexibility index (Phi) is 2.46. The van der Waals surface area contributed by atoms with Crippen LogP contribution in [0.15, 0.2) is 17.2 Å². The molecule has 0 bridgehead atoms. The Balaban J connectivity index is 3.02. The second kappa shape index (κ2) is 3.66. The van der Waals surface area contributed by atoms with Crippen LogP contribution in [0.25, 0.3) is 5.78 Å². The van der Waals surface area contributed by atoms with Gasteiger partial charge in [-0.25, -0.2) is 9.36 Å². The zero-order valence-corrected chi connectivity index (χ0v) is 9.77. The smallest absolute Gasteiger partial charge is 0.374 e. The number of nitrogens with zero attached hydrogens (tertiary/aromatic N) is 3. The third-order valence-corrected chi connectivity index (χ3v) is 2.88. The van der Waals surface area contributed by atoms with Gasteiger partial charge in [0.25, 0.3) is 5.88 Å². The van der Waals surface area contributed by atoms with E-state index in [-0.39, 0.29) is 11.4 Å². The molecule has 0 aliphatic heterocycles. The third kappa shape index (κ3) is 1.24. The van der Waals surface area contributed by atoms with Gasteiger partial charge in [-0.15, -0.1) is 0 Å². The number of imidazole rings is 1. The molecule has 0 aliphatic carbocycles. The van der Waals surface area contributed by atoms with Gasteiger partial charge in [0.1, 0.15) is 11.8 Å². The molecule has 2 heterocycles. The van der Waals surface area contributed by atoms with Crippen LogP contribution in [-0.4, -0.2) is 14.1 Å². The number of hydrogen-bond acceptors (Lipinski definition) is 2. The fourth-order valence-corrected chi connectivity index (χ4v) is 2.05. The first kappa shape index (κ1) is 10.7. The molecular formula is C11H16N3O2+. The fraction of sp³-hybridized carbons (Fsp3) is 0.455. The summed E-state index contributed by atoms with van der Waals surface area (Å²) in [5.41, 5.74) is 0.325. The van der Waals surface area contributed by atoms with E-state index < -0.39 is 0 Å². The van der Waals surface area contributed by atoms with Gasteiger partial charge in [0, 0.05) is 0 Å². The van der Waals surface area contributed by atoms with E-state index in [0.717, 1.165) is 0 Å². The molecule has 16 heavy (non-hydrogen) atoms. The van der Waals surface area contributed by atoms with Gasteiger partial charge in [-0.2, -0.15) is 8.97 Å². The summed E-state index contributed by atoms with van der Waals surface area (Å²) in [5.74, 6) is 0.777. The zero-order valence-electron chi connectivity index (χ0n) is 9.77. The third-order valence-electron chi connectivity index (χ3n) is 2.88. The van der Waals surface area contributed by atoms with Crippen molar-refractivity contribution in [2.75, 3.05) is 0 Å². The summed E-state index contributed by atoms with van der Waals surface area (Å²) in [5, 5.41) is 10.0. The lowest BCUT2D eigenvalue weighted by Gasteiger charge is -2.06. The molecule has 2 aromatic heterocycles. The molecule has 5 heteroatoms. The van der Waals surface area contributed by atoms with Crippen LogP contribution in [0.2, 0.25) is 0 Å². The van der Waals surface area contributed by atoms with Crippen LogP contribution >= 0.6 is 0 Å². The number of hydrogen-bond donors (Lipinski definition) is 1. The number of rotatable bonds is 2. The highest BCUT2D eigenvalue weighted by Gasteiger charge is 2.22.